The van der Waals surface area contributed by atoms with Gasteiger partial charge >= 0.3 is 5.97 Å². The molecule has 0 heterocycles. The van der Waals surface area contributed by atoms with Crippen molar-refractivity contribution in [2.45, 2.75) is 111 Å². The number of benzene rings is 1. The summed E-state index contributed by atoms with van der Waals surface area (Å²) in [5.74, 6) is -0.288. The summed E-state index contributed by atoms with van der Waals surface area (Å²) in [6.07, 6.45) is 15.7. The highest BCUT2D eigenvalue weighted by Crippen LogP contribution is 2.50. The molecular weight excluding hydrogens is 372 g/mol. The molecule has 3 nitrogen and oxygen atoms in total. The zero-order chi connectivity index (χ0) is 22.0. The molecule has 1 saturated carbocycles. The zero-order valence-electron chi connectivity index (χ0n) is 19.5. The van der Waals surface area contributed by atoms with Crippen molar-refractivity contribution in [1.82, 2.24) is 0 Å². The topological polar surface area (TPSA) is 54.4 Å². The molecule has 0 spiro atoms. The van der Waals surface area contributed by atoms with Crippen LogP contribution in [0.4, 0.5) is 0 Å². The highest BCUT2D eigenvalue weighted by atomic mass is 16.4. The normalized spacial score (nSPS) is 15.2. The van der Waals surface area contributed by atoms with Crippen LogP contribution < -0.4 is 0 Å². The number of carboxylic acid groups (broad SMARTS) is 1. The lowest BCUT2D eigenvalue weighted by molar-refractivity contribution is -0.147. The Morgan fingerprint density at radius 3 is 1.83 bits per heavy atom. The summed E-state index contributed by atoms with van der Waals surface area (Å²) in [6, 6.07) is 8.84. The van der Waals surface area contributed by atoms with Gasteiger partial charge in [-0.2, -0.15) is 0 Å². The van der Waals surface area contributed by atoms with E-state index in [0.717, 1.165) is 51.4 Å². The van der Waals surface area contributed by atoms with E-state index in [2.05, 4.69) is 24.3 Å². The average molecular weight is 415 g/mol. The van der Waals surface area contributed by atoms with Gasteiger partial charge in [0.15, 0.2) is 0 Å². The number of rotatable bonds is 16. The molecular formula is C27H42O3. The minimum Gasteiger partial charge on any atom is -0.481 e. The second kappa shape index (κ2) is 11.7. The fourth-order valence-electron chi connectivity index (χ4n) is 4.45. The second-order valence-electron chi connectivity index (χ2n) is 10.1. The van der Waals surface area contributed by atoms with Crippen LogP contribution in [0.3, 0.4) is 0 Å². The number of hydrogen-bond acceptors (Lipinski definition) is 2. The van der Waals surface area contributed by atoms with Crippen molar-refractivity contribution in [2.75, 3.05) is 0 Å². The molecule has 0 saturated heterocycles. The molecule has 0 atom stereocenters. The number of ketones is 1. The van der Waals surface area contributed by atoms with Crippen molar-refractivity contribution in [3.05, 3.63) is 35.4 Å². The molecule has 0 bridgehead atoms. The summed E-state index contributed by atoms with van der Waals surface area (Å²) in [5, 5.41) is 9.19. The summed E-state index contributed by atoms with van der Waals surface area (Å²) >= 11 is 0. The summed E-state index contributed by atoms with van der Waals surface area (Å²) in [4.78, 5) is 22.8. The number of carbonyl (C=O) groups is 2. The van der Waals surface area contributed by atoms with Crippen LogP contribution in [0.25, 0.3) is 0 Å². The Morgan fingerprint density at radius 1 is 0.867 bits per heavy atom. The van der Waals surface area contributed by atoms with Gasteiger partial charge in [0.2, 0.25) is 0 Å². The number of aryl methyl sites for hydroxylation is 2. The van der Waals surface area contributed by atoms with Crippen LogP contribution in [0.2, 0.25) is 0 Å². The SMILES string of the molecule is CC(=O)C1(CCCCCCc2ccccc2CCCCCCC(C)(C)C(=O)O)CC1. The number of carbonyl (C=O) groups excluding carboxylic acids is 1. The largest absolute Gasteiger partial charge is 0.481 e. The Morgan fingerprint density at radius 2 is 1.37 bits per heavy atom. The first-order valence-electron chi connectivity index (χ1n) is 12.1. The van der Waals surface area contributed by atoms with Gasteiger partial charge in [-0.25, -0.2) is 0 Å². The molecule has 0 radical (unpaired) electrons. The van der Waals surface area contributed by atoms with Gasteiger partial charge in [-0.05, 0) is 83.3 Å². The Balaban J connectivity index is 1.60. The van der Waals surface area contributed by atoms with Crippen molar-refractivity contribution in [1.29, 1.82) is 0 Å². The van der Waals surface area contributed by atoms with E-state index < -0.39 is 11.4 Å². The molecule has 0 aromatic heterocycles. The number of hydrogen-bond donors (Lipinski definition) is 1. The first-order valence-corrected chi connectivity index (χ1v) is 12.1. The average Bonchev–Trinajstić information content (AvgIpc) is 3.49. The van der Waals surface area contributed by atoms with Gasteiger partial charge in [0.25, 0.3) is 0 Å². The minimum absolute atomic E-state index is 0.0793. The van der Waals surface area contributed by atoms with Gasteiger partial charge in [0.1, 0.15) is 5.78 Å². The Bertz CT molecular complexity index is 638. The molecule has 0 amide bonds. The fourth-order valence-corrected chi connectivity index (χ4v) is 4.45. The molecule has 168 valence electrons. The van der Waals surface area contributed by atoms with E-state index in [9.17, 15) is 14.7 Å². The van der Waals surface area contributed by atoms with Gasteiger partial charge in [-0.15, -0.1) is 0 Å². The molecule has 2 rings (SSSR count). The van der Waals surface area contributed by atoms with E-state index in [1.807, 2.05) is 13.8 Å². The van der Waals surface area contributed by atoms with Gasteiger partial charge in [-0.3, -0.25) is 9.59 Å². The van der Waals surface area contributed by atoms with Crippen LogP contribution in [0.15, 0.2) is 24.3 Å². The molecule has 1 N–H and O–H groups in total. The van der Waals surface area contributed by atoms with Crippen LogP contribution in [-0.4, -0.2) is 16.9 Å². The van der Waals surface area contributed by atoms with Gasteiger partial charge < -0.3 is 5.11 Å². The lowest BCUT2D eigenvalue weighted by atomic mass is 9.87. The van der Waals surface area contributed by atoms with Crippen molar-refractivity contribution >= 4 is 11.8 Å². The molecule has 1 aromatic rings. The third-order valence-electron chi connectivity index (χ3n) is 7.15. The molecule has 30 heavy (non-hydrogen) atoms. The maximum atomic E-state index is 11.7. The highest BCUT2D eigenvalue weighted by molar-refractivity contribution is 5.84. The first-order chi connectivity index (χ1) is 14.3. The van der Waals surface area contributed by atoms with Crippen molar-refractivity contribution in [2.24, 2.45) is 10.8 Å². The van der Waals surface area contributed by atoms with Crippen LogP contribution >= 0.6 is 0 Å². The molecule has 3 heteroatoms. The maximum Gasteiger partial charge on any atom is 0.309 e. The molecule has 0 unspecified atom stereocenters. The Kier molecular flexibility index (Phi) is 9.58. The van der Waals surface area contributed by atoms with Crippen molar-refractivity contribution in [3.8, 4) is 0 Å². The maximum absolute atomic E-state index is 11.7. The lowest BCUT2D eigenvalue weighted by Crippen LogP contribution is -2.23. The highest BCUT2D eigenvalue weighted by Gasteiger charge is 2.46. The van der Waals surface area contributed by atoms with Crippen LogP contribution in [0, 0.1) is 10.8 Å². The predicted molar refractivity (Wildman–Crippen MR) is 124 cm³/mol. The Hall–Kier alpha value is -1.64. The molecule has 1 aliphatic rings. The third kappa shape index (κ3) is 7.89. The number of unbranched alkanes of at least 4 members (excludes halogenated alkanes) is 6. The zero-order valence-corrected chi connectivity index (χ0v) is 19.5. The molecule has 1 fully saturated rings. The monoisotopic (exact) mass is 414 g/mol. The summed E-state index contributed by atoms with van der Waals surface area (Å²) in [7, 11) is 0. The summed E-state index contributed by atoms with van der Waals surface area (Å²) in [6.45, 7) is 5.40. The first kappa shape index (κ1) is 24.6. The molecule has 0 aliphatic heterocycles. The lowest BCUT2D eigenvalue weighted by Gasteiger charge is -2.18. The molecule has 1 aliphatic carbocycles. The second-order valence-corrected chi connectivity index (χ2v) is 10.1. The van der Waals surface area contributed by atoms with Crippen LogP contribution in [-0.2, 0) is 22.4 Å². The van der Waals surface area contributed by atoms with Crippen molar-refractivity contribution in [3.63, 3.8) is 0 Å². The van der Waals surface area contributed by atoms with Crippen molar-refractivity contribution < 1.29 is 14.7 Å². The number of aliphatic carboxylic acids is 1. The van der Waals surface area contributed by atoms with Crippen LogP contribution in [0.5, 0.6) is 0 Å². The van der Waals surface area contributed by atoms with E-state index in [4.69, 9.17) is 0 Å². The van der Waals surface area contributed by atoms with E-state index in [-0.39, 0.29) is 5.41 Å². The number of Topliss-reactive ketones (excluding diaryl/α,β-unsaturated/α-hetero) is 1. The quantitative estimate of drug-likeness (QED) is 0.292. The smallest absolute Gasteiger partial charge is 0.309 e. The van der Waals surface area contributed by atoms with Crippen LogP contribution in [0.1, 0.15) is 109 Å². The minimum atomic E-state index is -0.692. The van der Waals surface area contributed by atoms with E-state index in [1.165, 1.54) is 49.7 Å². The summed E-state index contributed by atoms with van der Waals surface area (Å²) in [5.41, 5.74) is 2.46. The Labute approximate surface area is 183 Å². The van der Waals surface area contributed by atoms with Gasteiger partial charge in [-0.1, -0.05) is 62.8 Å². The number of carboxylic acids is 1. The molecule has 1 aromatic carbocycles. The van der Waals surface area contributed by atoms with E-state index >= 15 is 0 Å². The predicted octanol–water partition coefficient (Wildman–Crippen LogP) is 7.15. The van der Waals surface area contributed by atoms with E-state index in [1.54, 1.807) is 6.92 Å². The third-order valence-corrected chi connectivity index (χ3v) is 7.15. The van der Waals surface area contributed by atoms with E-state index in [0.29, 0.717) is 5.78 Å². The standard InChI is InChI=1S/C27H42O3/c1-22(28)27(20-21-27)19-13-7-5-9-15-24-17-11-10-16-23(24)14-8-4-6-12-18-26(2,3)25(29)30/h10-11,16-17H,4-9,12-15,18-21H2,1-3H3,(H,29,30). The van der Waals surface area contributed by atoms with Gasteiger partial charge in [0, 0.05) is 5.41 Å². The summed E-state index contributed by atoms with van der Waals surface area (Å²) < 4.78 is 0. The fraction of sp³-hybridized carbons (Fsp3) is 0.704. The van der Waals surface area contributed by atoms with Gasteiger partial charge in [0.05, 0.1) is 5.41 Å².